The van der Waals surface area contributed by atoms with Gasteiger partial charge in [-0.05, 0) is 31.4 Å². The Morgan fingerprint density at radius 1 is 1.26 bits per heavy atom. The van der Waals surface area contributed by atoms with Crippen molar-refractivity contribution in [1.82, 2.24) is 10.3 Å². The number of aromatic nitrogens is 1. The third kappa shape index (κ3) is 5.99. The van der Waals surface area contributed by atoms with E-state index in [-0.39, 0.29) is 11.9 Å². The number of aryl methyl sites for hydroxylation is 1. The van der Waals surface area contributed by atoms with Crippen LogP contribution in [0.1, 0.15) is 41.6 Å². The second kappa shape index (κ2) is 8.24. The van der Waals surface area contributed by atoms with Crippen LogP contribution < -0.4 is 5.32 Å². The lowest BCUT2D eigenvalue weighted by Crippen LogP contribution is -2.24. The van der Waals surface area contributed by atoms with Crippen LogP contribution >= 0.6 is 0 Å². The second-order valence-corrected chi connectivity index (χ2v) is 4.39. The van der Waals surface area contributed by atoms with E-state index < -0.39 is 0 Å². The average molecular weight is 264 g/mol. The summed E-state index contributed by atoms with van der Waals surface area (Å²) in [6.07, 6.45) is 6.23. The predicted molar refractivity (Wildman–Crippen MR) is 71.8 cm³/mol. The number of nitrogens with zero attached hydrogens (tertiary/aromatic N) is 1. The fourth-order valence-electron chi connectivity index (χ4n) is 1.66. The van der Waals surface area contributed by atoms with E-state index in [2.05, 4.69) is 15.0 Å². The number of hydrogen-bond donors (Lipinski definition) is 1. The smallest absolute Gasteiger partial charge is 0.305 e. The molecule has 104 valence electrons. The van der Waals surface area contributed by atoms with Crippen molar-refractivity contribution >= 4 is 11.9 Å². The van der Waals surface area contributed by atoms with E-state index in [4.69, 9.17) is 0 Å². The van der Waals surface area contributed by atoms with Gasteiger partial charge in [-0.3, -0.25) is 14.6 Å². The summed E-state index contributed by atoms with van der Waals surface area (Å²) in [5.74, 6) is -0.293. The lowest BCUT2D eigenvalue weighted by Gasteiger charge is -2.05. The normalized spacial score (nSPS) is 10.0. The highest BCUT2D eigenvalue weighted by Gasteiger charge is 2.05. The van der Waals surface area contributed by atoms with Gasteiger partial charge in [0.2, 0.25) is 0 Å². The topological polar surface area (TPSA) is 68.3 Å². The fourth-order valence-corrected chi connectivity index (χ4v) is 1.66. The Labute approximate surface area is 113 Å². The monoisotopic (exact) mass is 264 g/mol. The number of ether oxygens (including phenoxy) is 1. The van der Waals surface area contributed by atoms with E-state index in [1.54, 1.807) is 18.5 Å². The maximum atomic E-state index is 11.8. The van der Waals surface area contributed by atoms with Gasteiger partial charge in [0.05, 0.1) is 12.7 Å². The van der Waals surface area contributed by atoms with Crippen LogP contribution in [0, 0.1) is 6.92 Å². The maximum Gasteiger partial charge on any atom is 0.305 e. The summed E-state index contributed by atoms with van der Waals surface area (Å²) < 4.78 is 4.55. The van der Waals surface area contributed by atoms with Gasteiger partial charge in [0.15, 0.2) is 0 Å². The summed E-state index contributed by atoms with van der Waals surface area (Å²) in [6.45, 7) is 2.50. The van der Waals surface area contributed by atoms with E-state index in [0.717, 1.165) is 24.8 Å². The molecular weight excluding hydrogens is 244 g/mol. The number of esters is 1. The van der Waals surface area contributed by atoms with Crippen molar-refractivity contribution in [2.75, 3.05) is 13.7 Å². The van der Waals surface area contributed by atoms with Crippen LogP contribution in [0.25, 0.3) is 0 Å². The quantitative estimate of drug-likeness (QED) is 0.603. The Bertz CT molecular complexity index is 432. The highest BCUT2D eigenvalue weighted by molar-refractivity contribution is 5.93. The summed E-state index contributed by atoms with van der Waals surface area (Å²) in [7, 11) is 1.39. The lowest BCUT2D eigenvalue weighted by atomic mass is 10.2. The van der Waals surface area contributed by atoms with Gasteiger partial charge in [-0.15, -0.1) is 0 Å². The number of unbranched alkanes of at least 4 members (excludes halogenated alkanes) is 2. The van der Waals surface area contributed by atoms with Crippen LogP contribution in [-0.4, -0.2) is 30.5 Å². The van der Waals surface area contributed by atoms with Gasteiger partial charge in [0.1, 0.15) is 0 Å². The molecule has 5 heteroatoms. The molecule has 0 aliphatic carbocycles. The van der Waals surface area contributed by atoms with E-state index in [9.17, 15) is 9.59 Å². The number of amides is 1. The molecule has 0 fully saturated rings. The Kier molecular flexibility index (Phi) is 6.57. The number of methoxy groups -OCH3 is 1. The van der Waals surface area contributed by atoms with E-state index in [1.165, 1.54) is 7.11 Å². The summed E-state index contributed by atoms with van der Waals surface area (Å²) in [4.78, 5) is 26.6. The van der Waals surface area contributed by atoms with Crippen LogP contribution in [0.2, 0.25) is 0 Å². The first kappa shape index (κ1) is 15.1. The molecule has 0 aliphatic heterocycles. The lowest BCUT2D eigenvalue weighted by molar-refractivity contribution is -0.140. The summed E-state index contributed by atoms with van der Waals surface area (Å²) in [5, 5.41) is 2.83. The summed E-state index contributed by atoms with van der Waals surface area (Å²) in [5.41, 5.74) is 1.54. The molecule has 1 aromatic rings. The minimum Gasteiger partial charge on any atom is -0.469 e. The Balaban J connectivity index is 2.16. The molecule has 5 nitrogen and oxygen atoms in total. The molecule has 0 bridgehead atoms. The van der Waals surface area contributed by atoms with Crippen LogP contribution in [-0.2, 0) is 9.53 Å². The Morgan fingerprint density at radius 2 is 2.05 bits per heavy atom. The van der Waals surface area contributed by atoms with Gasteiger partial charge in [-0.2, -0.15) is 0 Å². The maximum absolute atomic E-state index is 11.8. The molecule has 0 saturated carbocycles. The van der Waals surface area contributed by atoms with Crippen molar-refractivity contribution in [3.8, 4) is 0 Å². The first-order chi connectivity index (χ1) is 9.13. The third-order valence-electron chi connectivity index (χ3n) is 2.71. The molecule has 1 amide bonds. The molecule has 0 atom stereocenters. The predicted octanol–water partition coefficient (Wildman–Crippen LogP) is 1.85. The molecule has 0 saturated heterocycles. The van der Waals surface area contributed by atoms with Crippen LogP contribution in [0.5, 0.6) is 0 Å². The molecule has 0 aromatic carbocycles. The van der Waals surface area contributed by atoms with Gasteiger partial charge >= 0.3 is 5.97 Å². The van der Waals surface area contributed by atoms with E-state index in [0.29, 0.717) is 18.5 Å². The third-order valence-corrected chi connectivity index (χ3v) is 2.71. The highest BCUT2D eigenvalue weighted by Crippen LogP contribution is 2.02. The summed E-state index contributed by atoms with van der Waals surface area (Å²) >= 11 is 0. The molecule has 19 heavy (non-hydrogen) atoms. The molecular formula is C14H20N2O3. The molecule has 0 spiro atoms. The Morgan fingerprint density at radius 3 is 2.74 bits per heavy atom. The standard InChI is InChI=1S/C14H20N2O3/c1-11-8-12(10-15-9-11)14(18)16-7-5-3-4-6-13(17)19-2/h8-10H,3-7H2,1-2H3,(H,16,18). The van der Waals surface area contributed by atoms with Gasteiger partial charge in [-0.1, -0.05) is 6.42 Å². The SMILES string of the molecule is COC(=O)CCCCCNC(=O)c1cncc(C)c1. The Hall–Kier alpha value is -1.91. The fraction of sp³-hybridized carbons (Fsp3) is 0.500. The van der Waals surface area contributed by atoms with Crippen LogP contribution in [0.15, 0.2) is 18.5 Å². The van der Waals surface area contributed by atoms with Crippen molar-refractivity contribution in [3.63, 3.8) is 0 Å². The molecule has 1 aromatic heterocycles. The van der Waals surface area contributed by atoms with E-state index in [1.807, 2.05) is 6.92 Å². The zero-order valence-corrected chi connectivity index (χ0v) is 11.4. The number of nitrogens with one attached hydrogen (secondary N) is 1. The number of carbonyl (C=O) groups is 2. The molecule has 1 rings (SSSR count). The largest absolute Gasteiger partial charge is 0.469 e. The zero-order chi connectivity index (χ0) is 14.1. The van der Waals surface area contributed by atoms with Crippen molar-refractivity contribution < 1.29 is 14.3 Å². The van der Waals surface area contributed by atoms with Crippen LogP contribution in [0.4, 0.5) is 0 Å². The zero-order valence-electron chi connectivity index (χ0n) is 11.4. The number of carbonyl (C=O) groups excluding carboxylic acids is 2. The molecule has 1 N–H and O–H groups in total. The number of pyridine rings is 1. The van der Waals surface area contributed by atoms with Gasteiger partial charge in [0.25, 0.3) is 5.91 Å². The minimum absolute atomic E-state index is 0.107. The highest BCUT2D eigenvalue weighted by atomic mass is 16.5. The first-order valence-corrected chi connectivity index (χ1v) is 6.40. The first-order valence-electron chi connectivity index (χ1n) is 6.40. The van der Waals surface area contributed by atoms with Gasteiger partial charge in [-0.25, -0.2) is 0 Å². The summed E-state index contributed by atoms with van der Waals surface area (Å²) in [6, 6.07) is 1.81. The molecule has 1 heterocycles. The number of hydrogen-bond acceptors (Lipinski definition) is 4. The van der Waals surface area contributed by atoms with Crippen LogP contribution in [0.3, 0.4) is 0 Å². The second-order valence-electron chi connectivity index (χ2n) is 4.39. The molecule has 0 radical (unpaired) electrons. The average Bonchev–Trinajstić information content (AvgIpc) is 2.42. The number of rotatable bonds is 7. The van der Waals surface area contributed by atoms with Gasteiger partial charge in [0, 0.05) is 25.4 Å². The van der Waals surface area contributed by atoms with Crippen molar-refractivity contribution in [2.24, 2.45) is 0 Å². The van der Waals surface area contributed by atoms with Crippen molar-refractivity contribution in [1.29, 1.82) is 0 Å². The molecule has 0 unspecified atom stereocenters. The van der Waals surface area contributed by atoms with Crippen molar-refractivity contribution in [2.45, 2.75) is 32.6 Å². The van der Waals surface area contributed by atoms with E-state index >= 15 is 0 Å². The minimum atomic E-state index is -0.185. The van der Waals surface area contributed by atoms with Crippen molar-refractivity contribution in [3.05, 3.63) is 29.6 Å². The molecule has 0 aliphatic rings. The van der Waals surface area contributed by atoms with Gasteiger partial charge < -0.3 is 10.1 Å².